The van der Waals surface area contributed by atoms with Gasteiger partial charge in [0.25, 0.3) is 0 Å². The fourth-order valence-electron chi connectivity index (χ4n) is 5.54. The van der Waals surface area contributed by atoms with Crippen molar-refractivity contribution in [1.82, 2.24) is 5.32 Å². The van der Waals surface area contributed by atoms with E-state index >= 15 is 0 Å². The van der Waals surface area contributed by atoms with Crippen LogP contribution >= 0.6 is 0 Å². The summed E-state index contributed by atoms with van der Waals surface area (Å²) >= 11 is 0. The highest BCUT2D eigenvalue weighted by molar-refractivity contribution is 5.49. The summed E-state index contributed by atoms with van der Waals surface area (Å²) in [5, 5.41) is 4.15. The van der Waals surface area contributed by atoms with Crippen molar-refractivity contribution < 1.29 is 0 Å². The Morgan fingerprint density at radius 1 is 0.773 bits per heavy atom. The van der Waals surface area contributed by atoms with E-state index in [2.05, 4.69) is 26.1 Å². The molecule has 0 unspecified atom stereocenters. The molecule has 122 valence electrons. The number of fused-ring (bicyclic) bond motifs is 2. The molecule has 1 fully saturated rings. The second kappa shape index (κ2) is 5.42. The van der Waals surface area contributed by atoms with Gasteiger partial charge in [-0.2, -0.15) is 0 Å². The molecule has 1 nitrogen and oxygen atoms in total. The molecular formula is C21H33N. The van der Waals surface area contributed by atoms with E-state index in [1.165, 1.54) is 64.2 Å². The van der Waals surface area contributed by atoms with E-state index in [4.69, 9.17) is 0 Å². The molecule has 1 aliphatic heterocycles. The molecule has 1 N–H and O–H groups in total. The van der Waals surface area contributed by atoms with E-state index in [0.717, 1.165) is 17.8 Å². The summed E-state index contributed by atoms with van der Waals surface area (Å²) in [6.45, 7) is 7.36. The smallest absolute Gasteiger partial charge is 0.0588 e. The molecule has 1 saturated carbocycles. The Hall–Kier alpha value is -0.720. The summed E-state index contributed by atoms with van der Waals surface area (Å²) in [4.78, 5) is 0. The second-order valence-corrected chi connectivity index (χ2v) is 9.00. The van der Waals surface area contributed by atoms with Gasteiger partial charge < -0.3 is 5.32 Å². The second-order valence-electron chi connectivity index (χ2n) is 9.00. The van der Waals surface area contributed by atoms with Crippen LogP contribution in [-0.4, -0.2) is 5.54 Å². The molecule has 0 aromatic heterocycles. The predicted molar refractivity (Wildman–Crippen MR) is 93.6 cm³/mol. The minimum absolute atomic E-state index is 0.357. The number of rotatable bonds is 0. The van der Waals surface area contributed by atoms with Crippen LogP contribution in [-0.2, 0) is 0 Å². The zero-order valence-corrected chi connectivity index (χ0v) is 14.8. The summed E-state index contributed by atoms with van der Waals surface area (Å²) in [7, 11) is 0. The molecule has 1 heteroatoms. The third-order valence-corrected chi connectivity index (χ3v) is 7.07. The quantitative estimate of drug-likeness (QED) is 0.602. The Kier molecular flexibility index (Phi) is 3.66. The molecule has 22 heavy (non-hydrogen) atoms. The van der Waals surface area contributed by atoms with Crippen molar-refractivity contribution in [1.29, 1.82) is 0 Å². The summed E-state index contributed by atoms with van der Waals surface area (Å²) in [5.41, 5.74) is 7.44. The van der Waals surface area contributed by atoms with Crippen LogP contribution in [0.4, 0.5) is 0 Å². The monoisotopic (exact) mass is 299 g/mol. The van der Waals surface area contributed by atoms with Crippen LogP contribution in [0.1, 0.15) is 85.0 Å². The number of allylic oxidation sites excluding steroid dienone is 3. The number of nitrogens with one attached hydrogen (secondary N) is 1. The van der Waals surface area contributed by atoms with E-state index in [9.17, 15) is 0 Å². The zero-order valence-electron chi connectivity index (χ0n) is 14.8. The van der Waals surface area contributed by atoms with Crippen LogP contribution in [0.2, 0.25) is 0 Å². The molecule has 0 aromatic rings. The highest BCUT2D eigenvalue weighted by atomic mass is 15.0. The first-order valence-corrected chi connectivity index (χ1v) is 9.80. The Labute approximate surface area is 136 Å². The van der Waals surface area contributed by atoms with Crippen LogP contribution in [0, 0.1) is 17.8 Å². The van der Waals surface area contributed by atoms with E-state index in [0.29, 0.717) is 5.54 Å². The molecular weight excluding hydrogens is 266 g/mol. The molecule has 1 heterocycles. The summed E-state index contributed by atoms with van der Waals surface area (Å²) in [5.74, 6) is 2.70. The Morgan fingerprint density at radius 2 is 1.45 bits per heavy atom. The largest absolute Gasteiger partial charge is 0.379 e. The molecule has 1 spiro atoms. The topological polar surface area (TPSA) is 12.0 Å². The van der Waals surface area contributed by atoms with Gasteiger partial charge in [0, 0.05) is 5.70 Å². The first-order chi connectivity index (χ1) is 10.6. The maximum Gasteiger partial charge on any atom is 0.0588 e. The minimum atomic E-state index is 0.357. The van der Waals surface area contributed by atoms with Crippen molar-refractivity contribution in [3.8, 4) is 0 Å². The van der Waals surface area contributed by atoms with Crippen LogP contribution in [0.5, 0.6) is 0 Å². The number of dihydropyridines is 1. The molecule has 0 radical (unpaired) electrons. The van der Waals surface area contributed by atoms with E-state index < -0.39 is 0 Å². The van der Waals surface area contributed by atoms with Gasteiger partial charge in [0.1, 0.15) is 0 Å². The van der Waals surface area contributed by atoms with Crippen LogP contribution in [0.3, 0.4) is 0 Å². The Balaban J connectivity index is 1.75. The molecule has 0 aromatic carbocycles. The molecule has 3 aliphatic carbocycles. The fraction of sp³-hybridized carbons (Fsp3) is 0.810. The average molecular weight is 300 g/mol. The fourth-order valence-corrected chi connectivity index (χ4v) is 5.54. The Bertz CT molecular complexity index is 516. The molecule has 0 bridgehead atoms. The molecule has 0 amide bonds. The zero-order chi connectivity index (χ0) is 15.3. The van der Waals surface area contributed by atoms with Crippen molar-refractivity contribution in [2.75, 3.05) is 0 Å². The van der Waals surface area contributed by atoms with Gasteiger partial charge in [-0.05, 0) is 98.7 Å². The van der Waals surface area contributed by atoms with E-state index in [1.54, 1.807) is 11.3 Å². The SMILES string of the molecule is CC1CCC2(CC1)NC1=C(C[C@H](C)CC1)C1=C2C[C@@H](C)CC1. The summed E-state index contributed by atoms with van der Waals surface area (Å²) in [6.07, 6.45) is 13.8. The summed E-state index contributed by atoms with van der Waals surface area (Å²) < 4.78 is 0. The first-order valence-electron chi connectivity index (χ1n) is 9.80. The third kappa shape index (κ3) is 2.36. The maximum atomic E-state index is 4.15. The van der Waals surface area contributed by atoms with Gasteiger partial charge in [-0.15, -0.1) is 0 Å². The number of hydrogen-bond acceptors (Lipinski definition) is 1. The van der Waals surface area contributed by atoms with Gasteiger partial charge in [0.05, 0.1) is 5.54 Å². The van der Waals surface area contributed by atoms with Gasteiger partial charge in [-0.1, -0.05) is 20.8 Å². The number of hydrogen-bond donors (Lipinski definition) is 1. The van der Waals surface area contributed by atoms with E-state index in [1.807, 2.05) is 11.1 Å². The van der Waals surface area contributed by atoms with Crippen molar-refractivity contribution in [3.05, 3.63) is 22.4 Å². The lowest BCUT2D eigenvalue weighted by molar-refractivity contribution is 0.218. The lowest BCUT2D eigenvalue weighted by Crippen LogP contribution is -2.53. The van der Waals surface area contributed by atoms with Crippen molar-refractivity contribution in [2.45, 2.75) is 90.5 Å². The predicted octanol–water partition coefficient (Wildman–Crippen LogP) is 5.73. The Morgan fingerprint density at radius 3 is 2.23 bits per heavy atom. The maximum absolute atomic E-state index is 4.15. The van der Waals surface area contributed by atoms with Gasteiger partial charge in [-0.25, -0.2) is 0 Å². The van der Waals surface area contributed by atoms with Gasteiger partial charge in [0.15, 0.2) is 0 Å². The molecule has 2 atom stereocenters. The molecule has 0 saturated heterocycles. The van der Waals surface area contributed by atoms with Crippen LogP contribution in [0.15, 0.2) is 22.4 Å². The normalized spacial score (nSPS) is 42.0. The van der Waals surface area contributed by atoms with Crippen LogP contribution in [0.25, 0.3) is 0 Å². The van der Waals surface area contributed by atoms with Gasteiger partial charge >= 0.3 is 0 Å². The van der Waals surface area contributed by atoms with E-state index in [-0.39, 0.29) is 0 Å². The third-order valence-electron chi connectivity index (χ3n) is 7.07. The highest BCUT2D eigenvalue weighted by Crippen LogP contribution is 2.51. The average Bonchev–Trinajstić information content (AvgIpc) is 2.51. The molecule has 4 aliphatic rings. The highest BCUT2D eigenvalue weighted by Gasteiger charge is 2.44. The van der Waals surface area contributed by atoms with Gasteiger partial charge in [0.2, 0.25) is 0 Å². The van der Waals surface area contributed by atoms with Crippen molar-refractivity contribution in [2.24, 2.45) is 17.8 Å². The standard InChI is InChI=1S/C21H33N/c1-14-8-10-21(11-9-14)19-13-16(3)4-6-17(19)18-12-15(2)5-7-20(18)22-21/h14-16,22H,4-13H2,1-3H3/t14?,15-,16+,21?/m1/s1. The first kappa shape index (κ1) is 14.8. The summed E-state index contributed by atoms with van der Waals surface area (Å²) in [6, 6.07) is 0. The molecule has 4 rings (SSSR count). The lowest BCUT2D eigenvalue weighted by atomic mass is 9.63. The van der Waals surface area contributed by atoms with Gasteiger partial charge in [-0.3, -0.25) is 0 Å². The lowest BCUT2D eigenvalue weighted by Gasteiger charge is -2.51. The van der Waals surface area contributed by atoms with Crippen molar-refractivity contribution >= 4 is 0 Å². The van der Waals surface area contributed by atoms with Crippen molar-refractivity contribution in [3.63, 3.8) is 0 Å². The van der Waals surface area contributed by atoms with Crippen LogP contribution < -0.4 is 5.32 Å². The minimum Gasteiger partial charge on any atom is -0.379 e.